The molecule has 14 heteroatoms. The third-order valence-electron chi connectivity index (χ3n) is 3.44. The summed E-state index contributed by atoms with van der Waals surface area (Å²) in [6.45, 7) is -0.182. The number of benzene rings is 1. The standard InChI is InChI=1S/C14H13F3N2O4.C2HF3O2/c15-14(16,17)12(21)18-10-6-7-19(11(10)20)13(22)23-8-9-4-2-1-3-5-9;3-2(4,5)1(6)7/h1-5,10H,6-8H2,(H,18,21);(H,6,7)/t10-;/m0./s1. The number of hydrogen-bond donors (Lipinski definition) is 2. The number of alkyl halides is 6. The fourth-order valence-corrected chi connectivity index (χ4v) is 2.03. The van der Waals surface area contributed by atoms with Crippen molar-refractivity contribution in [2.75, 3.05) is 6.54 Å². The number of ether oxygens (including phenoxy) is 1. The first-order chi connectivity index (χ1) is 13.7. The second kappa shape index (κ2) is 9.93. The van der Waals surface area contributed by atoms with Crippen LogP contribution in [-0.2, 0) is 25.7 Å². The third-order valence-corrected chi connectivity index (χ3v) is 3.44. The van der Waals surface area contributed by atoms with Gasteiger partial charge in [-0.25, -0.2) is 14.5 Å². The number of nitrogens with zero attached hydrogens (tertiary/aromatic N) is 1. The maximum atomic E-state index is 12.2. The Kier molecular flexibility index (Phi) is 8.19. The fraction of sp³-hybridized carbons (Fsp3) is 0.375. The van der Waals surface area contributed by atoms with Gasteiger partial charge in [0.2, 0.25) is 0 Å². The predicted molar refractivity (Wildman–Crippen MR) is 84.6 cm³/mol. The number of nitrogens with one attached hydrogen (secondary N) is 1. The van der Waals surface area contributed by atoms with Crippen molar-refractivity contribution in [2.24, 2.45) is 0 Å². The van der Waals surface area contributed by atoms with Crippen LogP contribution in [0.1, 0.15) is 12.0 Å². The highest BCUT2D eigenvalue weighted by Gasteiger charge is 2.44. The van der Waals surface area contributed by atoms with Crippen LogP contribution >= 0.6 is 0 Å². The molecule has 30 heavy (non-hydrogen) atoms. The smallest absolute Gasteiger partial charge is 0.475 e. The SMILES string of the molecule is O=C(O)C(F)(F)F.O=C(OCc1ccccc1)N1CC[C@H](NC(=O)C(F)(F)F)C1=O. The molecule has 0 radical (unpaired) electrons. The van der Waals surface area contributed by atoms with Crippen molar-refractivity contribution in [3.05, 3.63) is 35.9 Å². The van der Waals surface area contributed by atoms with Crippen LogP contribution in [0.2, 0.25) is 0 Å². The van der Waals surface area contributed by atoms with Crippen LogP contribution in [0.25, 0.3) is 0 Å². The first-order valence-corrected chi connectivity index (χ1v) is 7.93. The highest BCUT2D eigenvalue weighted by Crippen LogP contribution is 2.18. The Labute approximate surface area is 164 Å². The Bertz CT molecular complexity index is 781. The van der Waals surface area contributed by atoms with E-state index in [4.69, 9.17) is 14.6 Å². The second-order valence-corrected chi connectivity index (χ2v) is 5.65. The van der Waals surface area contributed by atoms with Gasteiger partial charge in [0, 0.05) is 6.54 Å². The topological polar surface area (TPSA) is 113 Å². The summed E-state index contributed by atoms with van der Waals surface area (Å²) in [6.07, 6.45) is -11.2. The van der Waals surface area contributed by atoms with Crippen molar-refractivity contribution >= 4 is 23.9 Å². The number of imide groups is 1. The van der Waals surface area contributed by atoms with E-state index in [0.29, 0.717) is 10.5 Å². The van der Waals surface area contributed by atoms with Crippen molar-refractivity contribution in [2.45, 2.75) is 31.4 Å². The van der Waals surface area contributed by atoms with Crippen LogP contribution < -0.4 is 5.32 Å². The molecule has 1 aromatic carbocycles. The van der Waals surface area contributed by atoms with Crippen molar-refractivity contribution in [1.29, 1.82) is 0 Å². The minimum Gasteiger partial charge on any atom is -0.475 e. The molecule has 166 valence electrons. The van der Waals surface area contributed by atoms with E-state index in [1.165, 1.54) is 0 Å². The van der Waals surface area contributed by atoms with Gasteiger partial charge in [-0.05, 0) is 12.0 Å². The molecule has 1 aliphatic rings. The van der Waals surface area contributed by atoms with Gasteiger partial charge in [0.25, 0.3) is 5.91 Å². The van der Waals surface area contributed by atoms with Crippen LogP contribution in [-0.4, -0.2) is 58.8 Å². The molecule has 2 N–H and O–H groups in total. The van der Waals surface area contributed by atoms with Crippen molar-refractivity contribution in [3.63, 3.8) is 0 Å². The number of carboxylic acids is 1. The number of carboxylic acid groups (broad SMARTS) is 1. The summed E-state index contributed by atoms with van der Waals surface area (Å²) in [6, 6.07) is 7.31. The molecule has 0 spiro atoms. The molecular formula is C16H14F6N2O6. The number of halogens is 6. The Balaban J connectivity index is 0.000000553. The summed E-state index contributed by atoms with van der Waals surface area (Å²) in [5.74, 6) is -5.89. The van der Waals surface area contributed by atoms with Gasteiger partial charge in [0.05, 0.1) is 0 Å². The lowest BCUT2D eigenvalue weighted by Gasteiger charge is -2.16. The van der Waals surface area contributed by atoms with E-state index >= 15 is 0 Å². The number of carbonyl (C=O) groups is 4. The van der Waals surface area contributed by atoms with Crippen LogP contribution in [0.3, 0.4) is 0 Å². The van der Waals surface area contributed by atoms with E-state index in [-0.39, 0.29) is 19.6 Å². The number of aliphatic carboxylic acids is 1. The van der Waals surface area contributed by atoms with E-state index in [2.05, 4.69) is 0 Å². The molecule has 1 aromatic rings. The maximum Gasteiger partial charge on any atom is 0.490 e. The average Bonchev–Trinajstić information content (AvgIpc) is 3.00. The third kappa shape index (κ3) is 7.60. The summed E-state index contributed by atoms with van der Waals surface area (Å²) in [5, 5.41) is 8.69. The van der Waals surface area contributed by atoms with E-state index in [1.807, 2.05) is 0 Å². The lowest BCUT2D eigenvalue weighted by Crippen LogP contribution is -2.47. The molecule has 0 aliphatic carbocycles. The number of likely N-dealkylation sites (tertiary alicyclic amines) is 1. The maximum absolute atomic E-state index is 12.2. The summed E-state index contributed by atoms with van der Waals surface area (Å²) in [5.41, 5.74) is 0.703. The summed E-state index contributed by atoms with van der Waals surface area (Å²) < 4.78 is 73.2. The molecular weight excluding hydrogens is 430 g/mol. The van der Waals surface area contributed by atoms with Gasteiger partial charge in [0.1, 0.15) is 12.6 Å². The highest BCUT2D eigenvalue weighted by atomic mass is 19.4. The molecule has 0 unspecified atom stereocenters. The normalized spacial score (nSPS) is 16.4. The minimum atomic E-state index is -5.08. The number of hydrogen-bond acceptors (Lipinski definition) is 5. The van der Waals surface area contributed by atoms with Gasteiger partial charge >= 0.3 is 30.3 Å². The van der Waals surface area contributed by atoms with E-state index in [1.54, 1.807) is 35.6 Å². The zero-order chi connectivity index (χ0) is 23.1. The van der Waals surface area contributed by atoms with Gasteiger partial charge in [-0.2, -0.15) is 26.3 Å². The fourth-order valence-electron chi connectivity index (χ4n) is 2.03. The molecule has 1 fully saturated rings. The molecule has 3 amide bonds. The van der Waals surface area contributed by atoms with Crippen molar-refractivity contribution < 1.29 is 55.4 Å². The zero-order valence-corrected chi connectivity index (χ0v) is 14.8. The molecule has 0 bridgehead atoms. The van der Waals surface area contributed by atoms with Crippen LogP contribution in [0.15, 0.2) is 30.3 Å². The van der Waals surface area contributed by atoms with Gasteiger partial charge in [-0.15, -0.1) is 0 Å². The van der Waals surface area contributed by atoms with Crippen molar-refractivity contribution in [1.82, 2.24) is 10.2 Å². The minimum absolute atomic E-state index is 0.0664. The summed E-state index contributed by atoms with van der Waals surface area (Å²) in [4.78, 5) is 44.1. The van der Waals surface area contributed by atoms with E-state index in [0.717, 1.165) is 0 Å². The molecule has 0 saturated carbocycles. The van der Waals surface area contributed by atoms with Gasteiger partial charge < -0.3 is 15.2 Å². The zero-order valence-electron chi connectivity index (χ0n) is 14.8. The quantitative estimate of drug-likeness (QED) is 0.692. The van der Waals surface area contributed by atoms with Crippen LogP contribution in [0, 0.1) is 0 Å². The van der Waals surface area contributed by atoms with E-state index in [9.17, 15) is 40.7 Å². The van der Waals surface area contributed by atoms with Gasteiger partial charge in [-0.3, -0.25) is 9.59 Å². The Morgan fingerprint density at radius 3 is 2.07 bits per heavy atom. The first-order valence-electron chi connectivity index (χ1n) is 7.93. The largest absolute Gasteiger partial charge is 0.490 e. The Morgan fingerprint density at radius 2 is 1.60 bits per heavy atom. The predicted octanol–water partition coefficient (Wildman–Crippen LogP) is 2.24. The Hall–Kier alpha value is -3.32. The second-order valence-electron chi connectivity index (χ2n) is 5.65. The molecule has 1 heterocycles. The lowest BCUT2D eigenvalue weighted by molar-refractivity contribution is -0.192. The summed E-state index contributed by atoms with van der Waals surface area (Å²) in [7, 11) is 0. The molecule has 1 saturated heterocycles. The summed E-state index contributed by atoms with van der Waals surface area (Å²) >= 11 is 0. The highest BCUT2D eigenvalue weighted by molar-refractivity contribution is 5.99. The molecule has 1 atom stereocenters. The molecule has 8 nitrogen and oxygen atoms in total. The monoisotopic (exact) mass is 444 g/mol. The van der Waals surface area contributed by atoms with Gasteiger partial charge in [0.15, 0.2) is 0 Å². The Morgan fingerprint density at radius 1 is 1.07 bits per heavy atom. The van der Waals surface area contributed by atoms with Gasteiger partial charge in [-0.1, -0.05) is 30.3 Å². The lowest BCUT2D eigenvalue weighted by atomic mass is 10.2. The molecule has 2 rings (SSSR count). The van der Waals surface area contributed by atoms with Crippen LogP contribution in [0.5, 0.6) is 0 Å². The first kappa shape index (κ1) is 24.7. The van der Waals surface area contributed by atoms with Crippen molar-refractivity contribution in [3.8, 4) is 0 Å². The van der Waals surface area contributed by atoms with E-state index < -0.39 is 42.3 Å². The molecule has 0 aromatic heterocycles. The number of carbonyl (C=O) groups excluding carboxylic acids is 3. The number of rotatable bonds is 3. The van der Waals surface area contributed by atoms with Crippen LogP contribution in [0.4, 0.5) is 31.1 Å². The average molecular weight is 444 g/mol. The number of amides is 3. The molecule has 1 aliphatic heterocycles.